The van der Waals surface area contributed by atoms with E-state index in [-0.39, 0.29) is 25.5 Å². The van der Waals surface area contributed by atoms with Gasteiger partial charge in [0.2, 0.25) is 6.10 Å². The van der Waals surface area contributed by atoms with Gasteiger partial charge in [0, 0.05) is 12.5 Å². The molecule has 1 heterocycles. The normalized spacial score (nSPS) is 32.5. The van der Waals surface area contributed by atoms with E-state index in [0.717, 1.165) is 0 Å². The van der Waals surface area contributed by atoms with E-state index in [0.29, 0.717) is 19.4 Å². The average Bonchev–Trinajstić information content (AvgIpc) is 2.83. The number of nitrogens with one attached hydrogen (secondary N) is 1. The predicted molar refractivity (Wildman–Crippen MR) is 75.6 cm³/mol. The number of carbonyl (C=O) groups is 2. The van der Waals surface area contributed by atoms with Crippen LogP contribution in [0.2, 0.25) is 0 Å². The fourth-order valence-electron chi connectivity index (χ4n) is 2.98. The molecule has 0 aromatic heterocycles. The van der Waals surface area contributed by atoms with Crippen molar-refractivity contribution in [2.24, 2.45) is 5.92 Å². The van der Waals surface area contributed by atoms with Crippen LogP contribution in [0.15, 0.2) is 0 Å². The molecule has 22 heavy (non-hydrogen) atoms. The van der Waals surface area contributed by atoms with Gasteiger partial charge < -0.3 is 14.8 Å². The van der Waals surface area contributed by atoms with Crippen molar-refractivity contribution in [1.29, 1.82) is 0 Å². The monoisotopic (exact) mass is 335 g/mol. The Morgan fingerprint density at radius 1 is 1.41 bits per heavy atom. The van der Waals surface area contributed by atoms with Gasteiger partial charge in [0.15, 0.2) is 0 Å². The van der Waals surface area contributed by atoms with E-state index in [9.17, 15) is 22.6 Å². The minimum atomic E-state index is -4.20. The maximum Gasteiger partial charge on any atom is 0.347 e. The van der Waals surface area contributed by atoms with E-state index >= 15 is 0 Å². The molecule has 8 nitrogen and oxygen atoms in total. The van der Waals surface area contributed by atoms with Crippen LogP contribution in [0.1, 0.15) is 32.6 Å². The Labute approximate surface area is 129 Å². The van der Waals surface area contributed by atoms with Gasteiger partial charge in [-0.15, -0.1) is 0 Å². The van der Waals surface area contributed by atoms with Crippen LogP contribution in [0.3, 0.4) is 0 Å². The van der Waals surface area contributed by atoms with Crippen LogP contribution in [-0.2, 0) is 29.2 Å². The number of esters is 2. The summed E-state index contributed by atoms with van der Waals surface area (Å²) in [5.74, 6) is -1.91. The molecule has 0 aromatic rings. The summed E-state index contributed by atoms with van der Waals surface area (Å²) in [5, 5.41) is 2.15. The van der Waals surface area contributed by atoms with Gasteiger partial charge in [-0.2, -0.15) is 8.42 Å². The minimum Gasteiger partial charge on any atom is -0.463 e. The summed E-state index contributed by atoms with van der Waals surface area (Å²) in [4.78, 5) is 23.7. The average molecular weight is 335 g/mol. The van der Waals surface area contributed by atoms with E-state index in [1.54, 1.807) is 0 Å². The highest BCUT2D eigenvalue weighted by atomic mass is 32.2. The number of hydrogen-bond donors (Lipinski definition) is 2. The third-order valence-corrected chi connectivity index (χ3v) is 5.41. The molecule has 2 N–H and O–H groups in total. The van der Waals surface area contributed by atoms with Crippen LogP contribution in [0.5, 0.6) is 0 Å². The van der Waals surface area contributed by atoms with Crippen LogP contribution in [0.4, 0.5) is 0 Å². The maximum atomic E-state index is 12.3. The Morgan fingerprint density at radius 2 is 2.14 bits per heavy atom. The number of ether oxygens (including phenoxy) is 2. The summed E-state index contributed by atoms with van der Waals surface area (Å²) in [6.07, 6.45) is 0.0990. The van der Waals surface area contributed by atoms with Gasteiger partial charge in [-0.3, -0.25) is 9.35 Å². The van der Waals surface area contributed by atoms with E-state index in [1.807, 2.05) is 6.92 Å². The van der Waals surface area contributed by atoms with Gasteiger partial charge >= 0.3 is 11.9 Å². The molecule has 1 aliphatic carbocycles. The molecule has 0 bridgehead atoms. The van der Waals surface area contributed by atoms with Crippen LogP contribution in [-0.4, -0.2) is 55.5 Å². The highest BCUT2D eigenvalue weighted by Crippen LogP contribution is 2.30. The highest BCUT2D eigenvalue weighted by molar-refractivity contribution is 7.86. The molecule has 126 valence electrons. The molecule has 4 atom stereocenters. The minimum absolute atomic E-state index is 0.0168. The van der Waals surface area contributed by atoms with E-state index in [2.05, 4.69) is 5.32 Å². The van der Waals surface area contributed by atoms with Crippen molar-refractivity contribution in [1.82, 2.24) is 5.32 Å². The van der Waals surface area contributed by atoms with E-state index < -0.39 is 39.3 Å². The molecule has 2 rings (SSSR count). The molecule has 0 radical (unpaired) electrons. The largest absolute Gasteiger partial charge is 0.463 e. The summed E-state index contributed by atoms with van der Waals surface area (Å²) in [5.41, 5.74) is 0. The quantitative estimate of drug-likeness (QED) is 0.527. The predicted octanol–water partition coefficient (Wildman–Crippen LogP) is -0.120. The zero-order valence-corrected chi connectivity index (χ0v) is 13.2. The lowest BCUT2D eigenvalue weighted by Gasteiger charge is -2.34. The summed E-state index contributed by atoms with van der Waals surface area (Å²) >= 11 is 0. The van der Waals surface area contributed by atoms with Crippen LogP contribution < -0.4 is 5.32 Å². The highest BCUT2D eigenvalue weighted by Gasteiger charge is 2.42. The first kappa shape index (κ1) is 17.2. The van der Waals surface area contributed by atoms with Crippen molar-refractivity contribution in [2.75, 3.05) is 13.2 Å². The number of cyclic esters (lactones) is 1. The lowest BCUT2D eigenvalue weighted by molar-refractivity contribution is -0.164. The second-order valence-corrected chi connectivity index (χ2v) is 7.30. The van der Waals surface area contributed by atoms with Crippen LogP contribution in [0, 0.1) is 5.92 Å². The van der Waals surface area contributed by atoms with Crippen molar-refractivity contribution in [3.8, 4) is 0 Å². The summed E-state index contributed by atoms with van der Waals surface area (Å²) in [6.45, 7) is 2.72. The topological polar surface area (TPSA) is 119 Å². The summed E-state index contributed by atoms with van der Waals surface area (Å²) in [7, 11) is -4.20. The van der Waals surface area contributed by atoms with Gasteiger partial charge in [-0.1, -0.05) is 6.92 Å². The van der Waals surface area contributed by atoms with Crippen molar-refractivity contribution >= 4 is 22.1 Å². The van der Waals surface area contributed by atoms with Gasteiger partial charge in [0.25, 0.3) is 10.1 Å². The van der Waals surface area contributed by atoms with E-state index in [4.69, 9.17) is 9.47 Å². The number of hydrogen-bond acceptors (Lipinski definition) is 7. The fraction of sp³-hybridized carbons (Fsp3) is 0.846. The summed E-state index contributed by atoms with van der Waals surface area (Å²) in [6, 6.07) is -0.229. The zero-order valence-electron chi connectivity index (χ0n) is 12.4. The smallest absolute Gasteiger partial charge is 0.347 e. The molecular formula is C13H21NO7S. The van der Waals surface area contributed by atoms with Crippen molar-refractivity contribution in [3.05, 3.63) is 0 Å². The first-order valence-electron chi connectivity index (χ1n) is 7.39. The van der Waals surface area contributed by atoms with Crippen molar-refractivity contribution in [3.63, 3.8) is 0 Å². The van der Waals surface area contributed by atoms with Gasteiger partial charge in [-0.25, -0.2) is 4.79 Å². The first-order chi connectivity index (χ1) is 10.3. The Bertz CT molecular complexity index is 533. The SMILES string of the molecule is CCNC1CCC(S(=O)(=O)O)CC1C(=O)OC1CCOC1=O. The lowest BCUT2D eigenvalue weighted by atomic mass is 9.84. The number of rotatable bonds is 5. The Balaban J connectivity index is 2.07. The second-order valence-electron chi connectivity index (χ2n) is 5.60. The molecule has 0 amide bonds. The fourth-order valence-corrected chi connectivity index (χ4v) is 3.87. The molecule has 1 aliphatic heterocycles. The van der Waals surface area contributed by atoms with E-state index in [1.165, 1.54) is 0 Å². The maximum absolute atomic E-state index is 12.3. The lowest BCUT2D eigenvalue weighted by Crippen LogP contribution is -2.48. The van der Waals surface area contributed by atoms with Gasteiger partial charge in [0.1, 0.15) is 0 Å². The second kappa shape index (κ2) is 6.93. The molecule has 1 saturated carbocycles. The molecule has 2 fully saturated rings. The molecular weight excluding hydrogens is 314 g/mol. The molecule has 2 aliphatic rings. The third kappa shape index (κ3) is 3.96. The van der Waals surface area contributed by atoms with Gasteiger partial charge in [-0.05, 0) is 25.8 Å². The van der Waals surface area contributed by atoms with Crippen molar-refractivity contribution in [2.45, 2.75) is 50.0 Å². The third-order valence-electron chi connectivity index (χ3n) is 4.14. The molecule has 4 unspecified atom stereocenters. The Kier molecular flexibility index (Phi) is 5.41. The molecule has 0 spiro atoms. The zero-order chi connectivity index (χ0) is 16.3. The Morgan fingerprint density at radius 3 is 2.68 bits per heavy atom. The number of carbonyl (C=O) groups excluding carboxylic acids is 2. The first-order valence-corrected chi connectivity index (χ1v) is 8.90. The van der Waals surface area contributed by atoms with Gasteiger partial charge in [0.05, 0.1) is 17.8 Å². The molecule has 0 aromatic carbocycles. The Hall–Kier alpha value is -1.19. The standard InChI is InChI=1S/C13H21NO7S/c1-2-14-10-4-3-8(22(17,18)19)7-9(10)12(15)21-11-5-6-20-13(11)16/h8-11,14H,2-7H2,1H3,(H,17,18,19). The van der Waals surface area contributed by atoms with Crippen LogP contribution in [0.25, 0.3) is 0 Å². The molecule has 1 saturated heterocycles. The van der Waals surface area contributed by atoms with Crippen molar-refractivity contribution < 1.29 is 32.0 Å². The summed E-state index contributed by atoms with van der Waals surface area (Å²) < 4.78 is 41.8. The molecule has 9 heteroatoms. The van der Waals surface area contributed by atoms with Crippen LogP contribution >= 0.6 is 0 Å².